The van der Waals surface area contributed by atoms with Crippen LogP contribution in [0.2, 0.25) is 5.02 Å². The third kappa shape index (κ3) is 3.26. The maximum atomic E-state index is 12.3. The predicted molar refractivity (Wildman–Crippen MR) is 95.2 cm³/mol. The van der Waals surface area contributed by atoms with Gasteiger partial charge in [-0.1, -0.05) is 23.7 Å². The van der Waals surface area contributed by atoms with Gasteiger partial charge in [0.15, 0.2) is 5.58 Å². The van der Waals surface area contributed by atoms with E-state index in [2.05, 4.69) is 5.32 Å². The average molecular weight is 343 g/mol. The molecule has 0 aliphatic heterocycles. The Balaban J connectivity index is 1.82. The summed E-state index contributed by atoms with van der Waals surface area (Å²) in [6, 6.07) is 12.3. The number of oxazole rings is 1. The number of fused-ring (bicyclic) bond motifs is 1. The van der Waals surface area contributed by atoms with Crippen molar-refractivity contribution in [1.82, 2.24) is 4.57 Å². The van der Waals surface area contributed by atoms with E-state index >= 15 is 0 Å². The van der Waals surface area contributed by atoms with Gasteiger partial charge in [-0.15, -0.1) is 0 Å². The van der Waals surface area contributed by atoms with Crippen LogP contribution in [0.25, 0.3) is 17.2 Å². The van der Waals surface area contributed by atoms with E-state index in [1.807, 2.05) is 12.1 Å². The monoisotopic (exact) mass is 342 g/mol. The molecule has 24 heavy (non-hydrogen) atoms. The van der Waals surface area contributed by atoms with Gasteiger partial charge in [0.2, 0.25) is 0 Å². The molecule has 3 aromatic rings. The summed E-state index contributed by atoms with van der Waals surface area (Å²) in [4.78, 5) is 23.8. The molecule has 6 heteroatoms. The molecule has 0 radical (unpaired) electrons. The van der Waals surface area contributed by atoms with Crippen LogP contribution in [0, 0.1) is 0 Å². The highest BCUT2D eigenvalue weighted by atomic mass is 35.5. The summed E-state index contributed by atoms with van der Waals surface area (Å²) in [7, 11) is 1.62. The van der Waals surface area contributed by atoms with Crippen LogP contribution in [0.15, 0.2) is 57.2 Å². The van der Waals surface area contributed by atoms with E-state index in [1.165, 1.54) is 4.57 Å². The average Bonchev–Trinajstić information content (AvgIpc) is 2.84. The number of nitrogens with one attached hydrogen (secondary N) is 1. The zero-order chi connectivity index (χ0) is 17.3. The summed E-state index contributed by atoms with van der Waals surface area (Å²) < 4.78 is 6.46. The van der Waals surface area contributed by atoms with E-state index in [0.29, 0.717) is 27.4 Å². The standard InChI is InChI=1S/C18H15ClN2O3/c1-11(9-12-3-5-13(19)6-4-12)17(22)20-14-7-8-16-15(10-14)21(2)18(23)24-16/h3-10H,1-2H3,(H,20,22)/b11-9+. The Labute approximate surface area is 143 Å². The second kappa shape index (κ2) is 6.37. The van der Waals surface area contributed by atoms with Crippen molar-refractivity contribution in [2.45, 2.75) is 6.92 Å². The number of amides is 1. The summed E-state index contributed by atoms with van der Waals surface area (Å²) in [5, 5.41) is 3.46. The van der Waals surface area contributed by atoms with Crippen molar-refractivity contribution in [1.29, 1.82) is 0 Å². The highest BCUT2D eigenvalue weighted by Crippen LogP contribution is 2.19. The Morgan fingerprint density at radius 2 is 1.92 bits per heavy atom. The molecule has 0 atom stereocenters. The van der Waals surface area contributed by atoms with Crippen molar-refractivity contribution in [2.75, 3.05) is 5.32 Å². The Bertz CT molecular complexity index is 997. The van der Waals surface area contributed by atoms with Gasteiger partial charge in [0.05, 0.1) is 5.52 Å². The Hall–Kier alpha value is -2.79. The molecule has 122 valence electrons. The first kappa shape index (κ1) is 16.1. The highest BCUT2D eigenvalue weighted by molar-refractivity contribution is 6.30. The number of carbonyl (C=O) groups excluding carboxylic acids is 1. The molecule has 1 heterocycles. The lowest BCUT2D eigenvalue weighted by molar-refractivity contribution is -0.112. The zero-order valence-electron chi connectivity index (χ0n) is 13.2. The van der Waals surface area contributed by atoms with Gasteiger partial charge in [-0.05, 0) is 48.9 Å². The van der Waals surface area contributed by atoms with Crippen LogP contribution in [0.5, 0.6) is 0 Å². The number of halogens is 1. The van der Waals surface area contributed by atoms with Crippen LogP contribution in [0.1, 0.15) is 12.5 Å². The third-order valence-corrected chi connectivity index (χ3v) is 3.91. The van der Waals surface area contributed by atoms with Crippen molar-refractivity contribution in [2.24, 2.45) is 7.05 Å². The van der Waals surface area contributed by atoms with Gasteiger partial charge in [-0.25, -0.2) is 4.79 Å². The fraction of sp³-hybridized carbons (Fsp3) is 0.111. The minimum atomic E-state index is -0.438. The number of carbonyl (C=O) groups is 1. The Morgan fingerprint density at radius 1 is 1.21 bits per heavy atom. The van der Waals surface area contributed by atoms with Gasteiger partial charge in [0.25, 0.3) is 5.91 Å². The van der Waals surface area contributed by atoms with E-state index in [9.17, 15) is 9.59 Å². The Morgan fingerprint density at radius 3 is 2.62 bits per heavy atom. The molecule has 2 aromatic carbocycles. The number of benzene rings is 2. The van der Waals surface area contributed by atoms with Crippen molar-refractivity contribution >= 4 is 40.4 Å². The summed E-state index contributed by atoms with van der Waals surface area (Å²) in [5.41, 5.74) is 3.14. The molecule has 5 nitrogen and oxygen atoms in total. The number of hydrogen-bond donors (Lipinski definition) is 1. The van der Waals surface area contributed by atoms with E-state index in [4.69, 9.17) is 16.0 Å². The topological polar surface area (TPSA) is 64.2 Å². The summed E-state index contributed by atoms with van der Waals surface area (Å²) in [5.74, 6) is -0.662. The molecule has 1 amide bonds. The quantitative estimate of drug-likeness (QED) is 0.736. The molecular weight excluding hydrogens is 328 g/mol. The SMILES string of the molecule is C/C(=C\c1ccc(Cl)cc1)C(=O)Nc1ccc2oc(=O)n(C)c2c1. The minimum absolute atomic E-state index is 0.224. The lowest BCUT2D eigenvalue weighted by atomic mass is 10.1. The van der Waals surface area contributed by atoms with Crippen LogP contribution in [0.4, 0.5) is 5.69 Å². The van der Waals surface area contributed by atoms with Gasteiger partial charge in [0.1, 0.15) is 0 Å². The number of nitrogens with zero attached hydrogens (tertiary/aromatic N) is 1. The van der Waals surface area contributed by atoms with Crippen molar-refractivity contribution in [3.05, 3.63) is 69.2 Å². The number of aryl methyl sites for hydroxylation is 1. The molecule has 1 N–H and O–H groups in total. The summed E-state index contributed by atoms with van der Waals surface area (Å²) in [6.45, 7) is 1.73. The number of aromatic nitrogens is 1. The first-order chi connectivity index (χ1) is 11.4. The molecule has 0 aliphatic carbocycles. The molecule has 0 fully saturated rings. The van der Waals surface area contributed by atoms with Crippen molar-refractivity contribution in [3.8, 4) is 0 Å². The number of rotatable bonds is 3. The van der Waals surface area contributed by atoms with E-state index < -0.39 is 5.76 Å². The molecule has 0 saturated heterocycles. The Kier molecular flexibility index (Phi) is 4.27. The van der Waals surface area contributed by atoms with Crippen LogP contribution in [0.3, 0.4) is 0 Å². The van der Waals surface area contributed by atoms with E-state index in [1.54, 1.807) is 50.4 Å². The first-order valence-electron chi connectivity index (χ1n) is 7.29. The van der Waals surface area contributed by atoms with E-state index in [0.717, 1.165) is 5.56 Å². The van der Waals surface area contributed by atoms with Gasteiger partial charge >= 0.3 is 5.76 Å². The van der Waals surface area contributed by atoms with Gasteiger partial charge in [0, 0.05) is 23.3 Å². The van der Waals surface area contributed by atoms with Crippen molar-refractivity contribution < 1.29 is 9.21 Å². The predicted octanol–water partition coefficient (Wildman–Crippen LogP) is 3.83. The van der Waals surface area contributed by atoms with Gasteiger partial charge < -0.3 is 9.73 Å². The number of hydrogen-bond acceptors (Lipinski definition) is 3. The maximum absolute atomic E-state index is 12.3. The molecular formula is C18H15ClN2O3. The van der Waals surface area contributed by atoms with Crippen molar-refractivity contribution in [3.63, 3.8) is 0 Å². The number of anilines is 1. The van der Waals surface area contributed by atoms with Gasteiger partial charge in [-0.3, -0.25) is 9.36 Å². The molecule has 0 aliphatic rings. The smallest absolute Gasteiger partial charge is 0.408 e. The third-order valence-electron chi connectivity index (χ3n) is 3.66. The molecule has 0 bridgehead atoms. The lowest BCUT2D eigenvalue weighted by Crippen LogP contribution is -2.13. The second-order valence-corrected chi connectivity index (χ2v) is 5.88. The fourth-order valence-corrected chi connectivity index (χ4v) is 2.43. The zero-order valence-corrected chi connectivity index (χ0v) is 13.9. The molecule has 3 rings (SSSR count). The normalized spacial score (nSPS) is 11.7. The first-order valence-corrected chi connectivity index (χ1v) is 7.66. The maximum Gasteiger partial charge on any atom is 0.419 e. The summed E-state index contributed by atoms with van der Waals surface area (Å²) in [6.07, 6.45) is 1.78. The molecule has 1 aromatic heterocycles. The van der Waals surface area contributed by atoms with Gasteiger partial charge in [-0.2, -0.15) is 0 Å². The molecule has 0 saturated carbocycles. The lowest BCUT2D eigenvalue weighted by Gasteiger charge is -2.06. The summed E-state index contributed by atoms with van der Waals surface area (Å²) >= 11 is 5.85. The second-order valence-electron chi connectivity index (χ2n) is 5.44. The largest absolute Gasteiger partial charge is 0.419 e. The highest BCUT2D eigenvalue weighted by Gasteiger charge is 2.09. The molecule has 0 spiro atoms. The molecule has 0 unspecified atom stereocenters. The van der Waals surface area contributed by atoms with Crippen LogP contribution in [-0.2, 0) is 11.8 Å². The van der Waals surface area contributed by atoms with E-state index in [-0.39, 0.29) is 5.91 Å². The van der Waals surface area contributed by atoms with Crippen LogP contribution >= 0.6 is 11.6 Å². The fourth-order valence-electron chi connectivity index (χ4n) is 2.31. The van der Waals surface area contributed by atoms with Crippen LogP contribution < -0.4 is 11.1 Å². The van der Waals surface area contributed by atoms with Crippen LogP contribution in [-0.4, -0.2) is 10.5 Å². The minimum Gasteiger partial charge on any atom is -0.408 e.